The van der Waals surface area contributed by atoms with E-state index < -0.39 is 0 Å². The molecule has 101 valence electrons. The maximum atomic E-state index is 3.58. The minimum atomic E-state index is 0. The molecule has 0 spiro atoms. The van der Waals surface area contributed by atoms with Gasteiger partial charge < -0.3 is 24.8 Å². The Morgan fingerprint density at radius 2 is 1.61 bits per heavy atom. The Labute approximate surface area is 144 Å². The molecule has 3 heteroatoms. The largest absolute Gasteiger partial charge is 3.00 e. The molecule has 2 rings (SSSR count). The van der Waals surface area contributed by atoms with Crippen LogP contribution in [0.5, 0.6) is 0 Å². The summed E-state index contributed by atoms with van der Waals surface area (Å²) in [6.07, 6.45) is 16.2. The summed E-state index contributed by atoms with van der Waals surface area (Å²) in [6, 6.07) is 0. The summed E-state index contributed by atoms with van der Waals surface area (Å²) in [7, 11) is 0. The van der Waals surface area contributed by atoms with E-state index in [4.69, 9.17) is 0 Å². The molecule has 18 heavy (non-hydrogen) atoms. The van der Waals surface area contributed by atoms with Gasteiger partial charge in [-0.05, 0) is 23.7 Å². The van der Waals surface area contributed by atoms with Crippen LogP contribution in [0.1, 0.15) is 59.3 Å². The zero-order valence-electron chi connectivity index (χ0n) is 11.7. The minimum Gasteiger partial charge on any atom is -1.00 e. The average molecular weight is 365 g/mol. The number of hydrogen-bond acceptors (Lipinski definition) is 0. The predicted octanol–water partition coefficient (Wildman–Crippen LogP) is -1.32. The predicted molar refractivity (Wildman–Crippen MR) is 65.5 cm³/mol. The van der Waals surface area contributed by atoms with Crippen LogP contribution < -0.4 is 24.8 Å². The van der Waals surface area contributed by atoms with Crippen LogP contribution in [0.15, 0.2) is 17.7 Å². The van der Waals surface area contributed by atoms with Gasteiger partial charge in [0.15, 0.2) is 0 Å². The van der Waals surface area contributed by atoms with E-state index in [9.17, 15) is 0 Å². The van der Waals surface area contributed by atoms with Gasteiger partial charge in [-0.15, -0.1) is 6.42 Å². The molecule has 0 aromatic rings. The summed E-state index contributed by atoms with van der Waals surface area (Å²) in [4.78, 5) is 0. The molecule has 1 radical (unpaired) electrons. The third kappa shape index (κ3) is 3.97. The van der Waals surface area contributed by atoms with Crippen molar-refractivity contribution in [3.05, 3.63) is 23.8 Å². The Hall–Kier alpha value is 0.943. The maximum absolute atomic E-state index is 3.58. The fourth-order valence-electron chi connectivity index (χ4n) is 3.31. The zero-order chi connectivity index (χ0) is 10.9. The van der Waals surface area contributed by atoms with Gasteiger partial charge >= 0.3 is 26.2 Å². The first kappa shape index (κ1) is 21.2. The average Bonchev–Trinajstić information content (AvgIpc) is 2.70. The Balaban J connectivity index is 0. The SMILES string of the molecule is CC(C)(C)C1(C2=[C-]CC=C2)CCCCC1.[Cl-].[Cl-].[Zr+3]. The summed E-state index contributed by atoms with van der Waals surface area (Å²) >= 11 is 0. The normalized spacial score (nSPS) is 21.2. The monoisotopic (exact) mass is 363 g/mol. The maximum Gasteiger partial charge on any atom is 3.00 e. The van der Waals surface area contributed by atoms with Gasteiger partial charge in [-0.25, -0.2) is 11.6 Å². The molecule has 0 heterocycles. The Morgan fingerprint density at radius 3 is 2.00 bits per heavy atom. The van der Waals surface area contributed by atoms with Crippen molar-refractivity contribution in [2.45, 2.75) is 59.3 Å². The van der Waals surface area contributed by atoms with Crippen molar-refractivity contribution in [2.24, 2.45) is 10.8 Å². The standard InChI is InChI=1S/C15H23.2ClH.Zr/c1-14(2,3)15(11-7-4-8-12-15)13-9-5-6-10-13;;;/h5,9H,4,6-8,11-12H2,1-3H3;2*1H;/q-1;;;+3/p-2. The summed E-state index contributed by atoms with van der Waals surface area (Å²) in [6.45, 7) is 7.21. The molecule has 1 fully saturated rings. The third-order valence-electron chi connectivity index (χ3n) is 4.35. The molecule has 2 aliphatic carbocycles. The summed E-state index contributed by atoms with van der Waals surface area (Å²) < 4.78 is 0. The van der Waals surface area contributed by atoms with Crippen LogP contribution in [0.4, 0.5) is 0 Å². The van der Waals surface area contributed by atoms with Crippen molar-refractivity contribution in [1.29, 1.82) is 0 Å². The first-order valence-electron chi connectivity index (χ1n) is 6.34. The van der Waals surface area contributed by atoms with Crippen LogP contribution in [0.2, 0.25) is 0 Å². The first-order chi connectivity index (χ1) is 7.06. The van der Waals surface area contributed by atoms with Gasteiger partial charge in [-0.3, -0.25) is 6.08 Å². The molecular formula is C15H23Cl2Zr. The van der Waals surface area contributed by atoms with Crippen LogP contribution in [0, 0.1) is 16.9 Å². The van der Waals surface area contributed by atoms with Gasteiger partial charge in [-0.1, -0.05) is 40.0 Å². The van der Waals surface area contributed by atoms with Gasteiger partial charge in [0, 0.05) is 0 Å². The smallest absolute Gasteiger partial charge is 1.00 e. The summed E-state index contributed by atoms with van der Waals surface area (Å²) in [5.41, 5.74) is 2.30. The van der Waals surface area contributed by atoms with E-state index in [-0.39, 0.29) is 51.0 Å². The van der Waals surface area contributed by atoms with Crippen LogP contribution in [0.25, 0.3) is 0 Å². The van der Waals surface area contributed by atoms with Crippen molar-refractivity contribution < 1.29 is 51.0 Å². The molecular weight excluding hydrogens is 342 g/mol. The quantitative estimate of drug-likeness (QED) is 0.506. The molecule has 0 saturated heterocycles. The number of hydrogen-bond donors (Lipinski definition) is 0. The molecule has 0 atom stereocenters. The van der Waals surface area contributed by atoms with Crippen LogP contribution in [-0.4, -0.2) is 0 Å². The van der Waals surface area contributed by atoms with Crippen molar-refractivity contribution in [2.75, 3.05) is 0 Å². The van der Waals surface area contributed by atoms with E-state index in [1.165, 1.54) is 37.7 Å². The third-order valence-corrected chi connectivity index (χ3v) is 4.35. The van der Waals surface area contributed by atoms with Gasteiger partial charge in [0.2, 0.25) is 0 Å². The number of allylic oxidation sites excluding steroid dienone is 4. The molecule has 0 nitrogen and oxygen atoms in total. The molecule has 0 aromatic carbocycles. The van der Waals surface area contributed by atoms with Crippen molar-refractivity contribution in [3.8, 4) is 0 Å². The summed E-state index contributed by atoms with van der Waals surface area (Å²) in [5, 5.41) is 0. The van der Waals surface area contributed by atoms with E-state index in [1.807, 2.05) is 0 Å². The second kappa shape index (κ2) is 8.28. The van der Waals surface area contributed by atoms with Crippen LogP contribution >= 0.6 is 0 Å². The van der Waals surface area contributed by atoms with E-state index in [0.717, 1.165) is 6.42 Å². The molecule has 1 saturated carbocycles. The first-order valence-corrected chi connectivity index (χ1v) is 6.34. The van der Waals surface area contributed by atoms with E-state index >= 15 is 0 Å². The topological polar surface area (TPSA) is 0 Å². The van der Waals surface area contributed by atoms with Crippen LogP contribution in [-0.2, 0) is 26.2 Å². The van der Waals surface area contributed by atoms with Gasteiger partial charge in [-0.2, -0.15) is 6.08 Å². The zero-order valence-corrected chi connectivity index (χ0v) is 15.6. The number of halogens is 2. The van der Waals surface area contributed by atoms with Crippen molar-refractivity contribution in [1.82, 2.24) is 0 Å². The van der Waals surface area contributed by atoms with Gasteiger partial charge in [0.1, 0.15) is 0 Å². The Morgan fingerprint density at radius 1 is 1.06 bits per heavy atom. The Kier molecular flexibility index (Phi) is 9.77. The Bertz CT molecular complexity index is 294. The van der Waals surface area contributed by atoms with E-state index in [0.29, 0.717) is 10.8 Å². The molecule has 0 aromatic heterocycles. The molecule has 0 aliphatic heterocycles. The molecule has 0 N–H and O–H groups in total. The van der Waals surface area contributed by atoms with Crippen LogP contribution in [0.3, 0.4) is 0 Å². The molecule has 0 amide bonds. The van der Waals surface area contributed by atoms with Crippen molar-refractivity contribution >= 4 is 0 Å². The second-order valence-corrected chi connectivity index (χ2v) is 6.09. The van der Waals surface area contributed by atoms with Gasteiger partial charge in [0.05, 0.1) is 0 Å². The fourth-order valence-corrected chi connectivity index (χ4v) is 3.31. The minimum absolute atomic E-state index is 0. The van der Waals surface area contributed by atoms with E-state index in [1.54, 1.807) is 0 Å². The van der Waals surface area contributed by atoms with Crippen molar-refractivity contribution in [3.63, 3.8) is 0 Å². The van der Waals surface area contributed by atoms with E-state index in [2.05, 4.69) is 39.0 Å². The summed E-state index contributed by atoms with van der Waals surface area (Å²) in [5.74, 6) is 0. The molecule has 2 aliphatic rings. The second-order valence-electron chi connectivity index (χ2n) is 6.09. The fraction of sp³-hybridized carbons (Fsp3) is 0.733. The van der Waals surface area contributed by atoms with Gasteiger partial charge in [0.25, 0.3) is 0 Å². The number of rotatable bonds is 1. The molecule has 0 unspecified atom stereocenters. The molecule has 0 bridgehead atoms.